The molecule has 2 heterocycles. The Bertz CT molecular complexity index is 964. The van der Waals surface area contributed by atoms with E-state index in [9.17, 15) is 9.90 Å². The quantitative estimate of drug-likeness (QED) is 0.423. The van der Waals surface area contributed by atoms with E-state index in [1.54, 1.807) is 19.1 Å². The number of aromatic hydroxyl groups is 1. The minimum absolute atomic E-state index is 0.0190. The maximum Gasteiger partial charge on any atom is 0.292 e. The predicted molar refractivity (Wildman–Crippen MR) is 89.2 cm³/mol. The van der Waals surface area contributed by atoms with Gasteiger partial charge in [0.1, 0.15) is 5.75 Å². The number of amides is 1. The standard InChI is InChI=1S/C13H11BrN8O3/c1-6-10(22(21-17-6)12-11(15)19-25-20-12)13(24)18-16-5-7-4-8(14)2-3-9(7)23/h2-5,23H,1H3,(H2,15,19)(H,18,24)/b16-5-. The van der Waals surface area contributed by atoms with E-state index in [2.05, 4.69) is 51.7 Å². The average Bonchev–Trinajstić information content (AvgIpc) is 3.16. The third-order valence-corrected chi connectivity index (χ3v) is 3.60. The average molecular weight is 407 g/mol. The smallest absolute Gasteiger partial charge is 0.292 e. The van der Waals surface area contributed by atoms with Crippen LogP contribution >= 0.6 is 15.9 Å². The highest BCUT2D eigenvalue weighted by Gasteiger charge is 2.22. The summed E-state index contributed by atoms with van der Waals surface area (Å²) < 4.78 is 6.35. The second-order valence-corrected chi connectivity index (χ2v) is 5.73. The number of benzene rings is 1. The number of nitrogens with two attached hydrogens (primary N) is 1. The zero-order valence-corrected chi connectivity index (χ0v) is 14.3. The number of anilines is 1. The van der Waals surface area contributed by atoms with Crippen LogP contribution in [0.5, 0.6) is 5.75 Å². The molecule has 0 radical (unpaired) electrons. The lowest BCUT2D eigenvalue weighted by atomic mass is 10.2. The van der Waals surface area contributed by atoms with Crippen molar-refractivity contribution < 1.29 is 14.5 Å². The van der Waals surface area contributed by atoms with Crippen LogP contribution < -0.4 is 11.2 Å². The van der Waals surface area contributed by atoms with Crippen LogP contribution in [0.15, 0.2) is 32.4 Å². The summed E-state index contributed by atoms with van der Waals surface area (Å²) in [5.41, 5.74) is 8.76. The van der Waals surface area contributed by atoms with Gasteiger partial charge in [0.2, 0.25) is 11.6 Å². The number of aromatic nitrogens is 5. The molecule has 0 bridgehead atoms. The minimum Gasteiger partial charge on any atom is -0.507 e. The molecule has 0 fully saturated rings. The van der Waals surface area contributed by atoms with Crippen LogP contribution in [0.4, 0.5) is 5.82 Å². The fourth-order valence-electron chi connectivity index (χ4n) is 1.95. The number of nitrogens with one attached hydrogen (secondary N) is 1. The van der Waals surface area contributed by atoms with E-state index < -0.39 is 5.91 Å². The van der Waals surface area contributed by atoms with E-state index >= 15 is 0 Å². The second-order valence-electron chi connectivity index (χ2n) is 4.81. The van der Waals surface area contributed by atoms with E-state index in [1.807, 2.05) is 0 Å². The van der Waals surface area contributed by atoms with Crippen LogP contribution in [0.3, 0.4) is 0 Å². The molecule has 0 aliphatic rings. The fraction of sp³-hybridized carbons (Fsp3) is 0.0769. The van der Waals surface area contributed by atoms with Crippen LogP contribution in [0.1, 0.15) is 21.7 Å². The Morgan fingerprint density at radius 3 is 3.00 bits per heavy atom. The van der Waals surface area contributed by atoms with Gasteiger partial charge in [0.25, 0.3) is 5.91 Å². The Kier molecular flexibility index (Phi) is 4.43. The first-order chi connectivity index (χ1) is 12.0. The van der Waals surface area contributed by atoms with Crippen LogP contribution in [-0.4, -0.2) is 42.5 Å². The Balaban J connectivity index is 1.83. The van der Waals surface area contributed by atoms with Gasteiger partial charge in [0, 0.05) is 10.0 Å². The molecule has 12 heteroatoms. The van der Waals surface area contributed by atoms with E-state index in [1.165, 1.54) is 12.3 Å². The zero-order chi connectivity index (χ0) is 18.0. The highest BCUT2D eigenvalue weighted by molar-refractivity contribution is 9.10. The van der Waals surface area contributed by atoms with Crippen molar-refractivity contribution in [2.75, 3.05) is 5.73 Å². The Labute approximate surface area is 148 Å². The van der Waals surface area contributed by atoms with E-state index in [4.69, 9.17) is 5.73 Å². The minimum atomic E-state index is -0.601. The summed E-state index contributed by atoms with van der Waals surface area (Å²) in [6.07, 6.45) is 1.30. The number of phenols is 1. The molecule has 0 aliphatic heterocycles. The largest absolute Gasteiger partial charge is 0.507 e. The van der Waals surface area contributed by atoms with Gasteiger partial charge >= 0.3 is 0 Å². The van der Waals surface area contributed by atoms with Crippen LogP contribution in [0.2, 0.25) is 0 Å². The van der Waals surface area contributed by atoms with Gasteiger partial charge in [-0.3, -0.25) is 4.79 Å². The normalized spacial score (nSPS) is 11.1. The molecule has 25 heavy (non-hydrogen) atoms. The predicted octanol–water partition coefficient (Wildman–Crippen LogP) is 0.773. The summed E-state index contributed by atoms with van der Waals surface area (Å²) in [5.74, 6) is -0.581. The van der Waals surface area contributed by atoms with Crippen molar-refractivity contribution in [3.8, 4) is 11.6 Å². The Morgan fingerprint density at radius 1 is 1.48 bits per heavy atom. The molecule has 0 aliphatic carbocycles. The van der Waals surface area contributed by atoms with Crippen molar-refractivity contribution in [3.63, 3.8) is 0 Å². The molecular weight excluding hydrogens is 396 g/mol. The maximum absolute atomic E-state index is 12.4. The van der Waals surface area contributed by atoms with E-state index in [0.29, 0.717) is 11.3 Å². The molecule has 0 unspecified atom stereocenters. The number of phenolic OH excluding ortho intramolecular Hbond substituents is 1. The molecule has 0 saturated carbocycles. The van der Waals surface area contributed by atoms with Crippen LogP contribution in [0, 0.1) is 6.92 Å². The van der Waals surface area contributed by atoms with Crippen molar-refractivity contribution in [2.45, 2.75) is 6.92 Å². The van der Waals surface area contributed by atoms with Crippen molar-refractivity contribution >= 4 is 33.9 Å². The number of rotatable bonds is 4. The van der Waals surface area contributed by atoms with Gasteiger partial charge in [-0.1, -0.05) is 21.1 Å². The van der Waals surface area contributed by atoms with E-state index in [0.717, 1.165) is 9.15 Å². The molecular formula is C13H11BrN8O3. The monoisotopic (exact) mass is 406 g/mol. The third-order valence-electron chi connectivity index (χ3n) is 3.11. The number of nitrogens with zero attached hydrogens (tertiary/aromatic N) is 6. The number of halogens is 1. The van der Waals surface area contributed by atoms with Gasteiger partial charge in [-0.2, -0.15) is 9.78 Å². The summed E-state index contributed by atoms with van der Waals surface area (Å²) in [6.45, 7) is 1.59. The zero-order valence-electron chi connectivity index (χ0n) is 12.7. The lowest BCUT2D eigenvalue weighted by Gasteiger charge is -2.03. The number of carbonyl (C=O) groups excluding carboxylic acids is 1. The molecule has 4 N–H and O–H groups in total. The first-order valence-corrected chi connectivity index (χ1v) is 7.59. The molecule has 3 rings (SSSR count). The fourth-order valence-corrected chi connectivity index (χ4v) is 2.32. The van der Waals surface area contributed by atoms with Gasteiger partial charge in [-0.15, -0.1) is 5.10 Å². The topological polar surface area (TPSA) is 157 Å². The third kappa shape index (κ3) is 3.33. The summed E-state index contributed by atoms with van der Waals surface area (Å²) in [6, 6.07) is 4.82. The molecule has 0 spiro atoms. The lowest BCUT2D eigenvalue weighted by molar-refractivity contribution is 0.0946. The van der Waals surface area contributed by atoms with Crippen molar-refractivity contribution in [1.82, 2.24) is 30.7 Å². The molecule has 3 aromatic rings. The molecule has 0 saturated heterocycles. The van der Waals surface area contributed by atoms with Gasteiger partial charge in [-0.05, 0) is 35.4 Å². The summed E-state index contributed by atoms with van der Waals surface area (Å²) in [5, 5.41) is 28.2. The van der Waals surface area contributed by atoms with Gasteiger partial charge < -0.3 is 10.8 Å². The number of hydrazone groups is 1. The highest BCUT2D eigenvalue weighted by atomic mass is 79.9. The molecule has 128 valence electrons. The Morgan fingerprint density at radius 2 is 2.28 bits per heavy atom. The summed E-state index contributed by atoms with van der Waals surface area (Å²) in [7, 11) is 0. The van der Waals surface area contributed by atoms with Gasteiger partial charge in [0.15, 0.2) is 5.69 Å². The van der Waals surface area contributed by atoms with Gasteiger partial charge in [0.05, 0.1) is 11.9 Å². The molecule has 1 amide bonds. The molecule has 2 aromatic heterocycles. The number of hydrogen-bond acceptors (Lipinski definition) is 9. The summed E-state index contributed by atoms with van der Waals surface area (Å²) >= 11 is 3.28. The number of hydrogen-bond donors (Lipinski definition) is 3. The van der Waals surface area contributed by atoms with Crippen molar-refractivity contribution in [3.05, 3.63) is 39.6 Å². The number of aryl methyl sites for hydroxylation is 1. The molecule has 11 nitrogen and oxygen atoms in total. The lowest BCUT2D eigenvalue weighted by Crippen LogP contribution is -2.22. The maximum atomic E-state index is 12.4. The SMILES string of the molecule is Cc1nnn(-c2nonc2N)c1C(=O)N/N=C\c1cc(Br)ccc1O. The van der Waals surface area contributed by atoms with Crippen molar-refractivity contribution in [2.24, 2.45) is 5.10 Å². The number of carbonyl (C=O) groups is 1. The number of nitrogen functional groups attached to an aromatic ring is 1. The molecule has 1 aromatic carbocycles. The van der Waals surface area contributed by atoms with Crippen LogP contribution in [0.25, 0.3) is 5.82 Å². The van der Waals surface area contributed by atoms with Crippen molar-refractivity contribution in [1.29, 1.82) is 0 Å². The first-order valence-electron chi connectivity index (χ1n) is 6.80. The second kappa shape index (κ2) is 6.68. The van der Waals surface area contributed by atoms with E-state index in [-0.39, 0.29) is 23.1 Å². The summed E-state index contributed by atoms with van der Waals surface area (Å²) in [4.78, 5) is 12.4. The van der Waals surface area contributed by atoms with Gasteiger partial charge in [-0.25, -0.2) is 10.1 Å². The Hall–Kier alpha value is -3.28. The van der Waals surface area contributed by atoms with Crippen LogP contribution in [-0.2, 0) is 0 Å². The highest BCUT2D eigenvalue weighted by Crippen LogP contribution is 2.20. The first kappa shape index (κ1) is 16.6. The molecule has 0 atom stereocenters.